The van der Waals surface area contributed by atoms with Crippen LogP contribution in [0.25, 0.3) is 0 Å². The van der Waals surface area contributed by atoms with Gasteiger partial charge in [0.25, 0.3) is 0 Å². The summed E-state index contributed by atoms with van der Waals surface area (Å²) in [7, 11) is -4.17. The quantitative estimate of drug-likeness (QED) is 0.376. The average Bonchev–Trinajstić information content (AvgIpc) is 0.722. The van der Waals surface area contributed by atoms with Gasteiger partial charge < -0.3 is 0 Å². The van der Waals surface area contributed by atoms with Crippen molar-refractivity contribution in [1.29, 1.82) is 0 Å². The van der Waals surface area contributed by atoms with Crippen molar-refractivity contribution in [1.82, 2.24) is 0 Å². The smallest absolute Gasteiger partial charge is 0.274 e. The minimum atomic E-state index is -4.17. The Morgan fingerprint density at radius 1 is 1.50 bits per heavy atom. The van der Waals surface area contributed by atoms with Crippen molar-refractivity contribution < 1.29 is 13.0 Å². The molecule has 4 radical (unpaired) electrons. The van der Waals surface area contributed by atoms with Crippen LogP contribution in [0.15, 0.2) is 0 Å². The van der Waals surface area contributed by atoms with Crippen molar-refractivity contribution in [2.45, 2.75) is 0 Å². The molecule has 3 N–H and O–H groups in total. The monoisotopic (exact) mass is 217 g/mol. The zero-order valence-corrected chi connectivity index (χ0v) is 6.42. The van der Waals surface area contributed by atoms with Gasteiger partial charge in [-0.25, -0.2) is 5.14 Å². The summed E-state index contributed by atoms with van der Waals surface area (Å²) in [6.45, 7) is 0. The predicted molar refractivity (Wildman–Crippen MR) is 21.5 cm³/mol. The zero-order valence-electron chi connectivity index (χ0n) is 2.75. The summed E-state index contributed by atoms with van der Waals surface area (Å²) >= 11 is 0. The molecule has 0 fully saturated rings. The Hall–Kier alpha value is 0.669. The maximum absolute atomic E-state index is 8.97. The molecule has 0 saturated heterocycles. The van der Waals surface area contributed by atoms with Gasteiger partial charge in [-0.1, -0.05) is 0 Å². The van der Waals surface area contributed by atoms with Crippen LogP contribution < -0.4 is 5.14 Å². The topological polar surface area (TPSA) is 80.4 Å². The average molecular weight is 216 g/mol. The van der Waals surface area contributed by atoms with Gasteiger partial charge in [-0.2, -0.15) is 8.42 Å². The molecule has 0 rings (SSSR count). The summed E-state index contributed by atoms with van der Waals surface area (Å²) in [5.74, 6) is 0. The SMILES string of the molecule is NS(=O)(=O)O.[Sn]. The molecule has 0 aromatic heterocycles. The Kier molecular flexibility index (Phi) is 4.55. The first kappa shape index (κ1) is 9.83. The fourth-order valence-electron chi connectivity index (χ4n) is 0. The van der Waals surface area contributed by atoms with Crippen LogP contribution in [0.3, 0.4) is 0 Å². The zero-order chi connectivity index (χ0) is 4.50. The van der Waals surface area contributed by atoms with Crippen LogP contribution >= 0.6 is 0 Å². The Morgan fingerprint density at radius 3 is 1.50 bits per heavy atom. The summed E-state index contributed by atoms with van der Waals surface area (Å²) in [6, 6.07) is 0. The van der Waals surface area contributed by atoms with Crippen LogP contribution in [-0.4, -0.2) is 36.9 Å². The second-order valence-electron chi connectivity index (χ2n) is 0.515. The Balaban J connectivity index is 0. The number of nitrogens with two attached hydrogens (primary N) is 1. The molecule has 0 aromatic rings. The van der Waals surface area contributed by atoms with Crippen LogP contribution in [0.4, 0.5) is 0 Å². The van der Waals surface area contributed by atoms with Crippen molar-refractivity contribution >= 4 is 34.2 Å². The molecule has 0 aliphatic heterocycles. The van der Waals surface area contributed by atoms with Crippen LogP contribution in [0.1, 0.15) is 0 Å². The van der Waals surface area contributed by atoms with Crippen molar-refractivity contribution in [2.75, 3.05) is 0 Å². The summed E-state index contributed by atoms with van der Waals surface area (Å²) in [6.07, 6.45) is 0. The maximum Gasteiger partial charge on any atom is 0.330 e. The standard InChI is InChI=1S/H3NO3S.Sn/c1-5(2,3)4;/h(H3,1,2,3,4);. The van der Waals surface area contributed by atoms with Gasteiger partial charge in [0.05, 0.1) is 0 Å². The van der Waals surface area contributed by atoms with E-state index in [1.165, 1.54) is 0 Å². The third kappa shape index (κ3) is 141. The van der Waals surface area contributed by atoms with Gasteiger partial charge in [-0.15, -0.1) is 0 Å². The number of hydrogen-bond donors (Lipinski definition) is 2. The fourth-order valence-corrected chi connectivity index (χ4v) is 0. The third-order valence-corrected chi connectivity index (χ3v) is 0. The molecular formula is H3NO3SSn. The number of hydrogen-bond acceptors (Lipinski definition) is 2. The first-order valence-electron chi connectivity index (χ1n) is 0.752. The summed E-state index contributed by atoms with van der Waals surface area (Å²) in [4.78, 5) is 0. The van der Waals surface area contributed by atoms with E-state index in [1.807, 2.05) is 0 Å². The molecule has 0 bridgehead atoms. The Bertz CT molecular complexity index is 94.0. The molecule has 36 valence electrons. The molecule has 0 amide bonds. The second kappa shape index (κ2) is 2.78. The van der Waals surface area contributed by atoms with Crippen LogP contribution in [0.2, 0.25) is 0 Å². The van der Waals surface area contributed by atoms with E-state index >= 15 is 0 Å². The molecular weight excluding hydrogens is 213 g/mol. The first-order chi connectivity index (χ1) is 2.00. The van der Waals surface area contributed by atoms with Gasteiger partial charge in [-0.05, 0) is 0 Å². The summed E-state index contributed by atoms with van der Waals surface area (Å²) in [5, 5.41) is 3.88. The Morgan fingerprint density at radius 2 is 1.50 bits per heavy atom. The predicted octanol–water partition coefficient (Wildman–Crippen LogP) is -1.63. The molecule has 0 atom stereocenters. The van der Waals surface area contributed by atoms with Crippen LogP contribution in [0, 0.1) is 0 Å². The summed E-state index contributed by atoms with van der Waals surface area (Å²) in [5.41, 5.74) is 0. The molecule has 4 nitrogen and oxygen atoms in total. The molecule has 0 saturated carbocycles. The van der Waals surface area contributed by atoms with Crippen molar-refractivity contribution in [3.8, 4) is 0 Å². The van der Waals surface area contributed by atoms with E-state index in [1.54, 1.807) is 0 Å². The fraction of sp³-hybridized carbons (Fsp3) is 0. The van der Waals surface area contributed by atoms with E-state index in [2.05, 4.69) is 5.14 Å². The van der Waals surface area contributed by atoms with Gasteiger partial charge in [0.1, 0.15) is 0 Å². The van der Waals surface area contributed by atoms with Crippen LogP contribution in [0.5, 0.6) is 0 Å². The third-order valence-electron chi connectivity index (χ3n) is 0. The van der Waals surface area contributed by atoms with Gasteiger partial charge in [-0.3, -0.25) is 4.55 Å². The molecule has 6 heteroatoms. The Labute approximate surface area is 52.6 Å². The molecule has 0 spiro atoms. The van der Waals surface area contributed by atoms with E-state index in [-0.39, 0.29) is 23.9 Å². The molecule has 0 aromatic carbocycles. The van der Waals surface area contributed by atoms with E-state index in [9.17, 15) is 0 Å². The van der Waals surface area contributed by atoms with Gasteiger partial charge in [0, 0.05) is 23.9 Å². The number of rotatable bonds is 0. The largest absolute Gasteiger partial charge is 0.330 e. The van der Waals surface area contributed by atoms with Crippen molar-refractivity contribution in [2.24, 2.45) is 5.14 Å². The van der Waals surface area contributed by atoms with Crippen LogP contribution in [-0.2, 0) is 10.3 Å². The summed E-state index contributed by atoms with van der Waals surface area (Å²) < 4.78 is 25.2. The second-order valence-corrected chi connectivity index (χ2v) is 1.54. The van der Waals surface area contributed by atoms with Gasteiger partial charge >= 0.3 is 10.3 Å². The minimum absolute atomic E-state index is 0. The van der Waals surface area contributed by atoms with E-state index in [4.69, 9.17) is 13.0 Å². The van der Waals surface area contributed by atoms with E-state index < -0.39 is 10.3 Å². The molecule has 0 heterocycles. The maximum atomic E-state index is 8.97. The normalized spacial score (nSPS) is 9.67. The molecule has 0 aliphatic rings. The van der Waals surface area contributed by atoms with E-state index in [0.29, 0.717) is 0 Å². The molecule has 0 unspecified atom stereocenters. The van der Waals surface area contributed by atoms with Gasteiger partial charge in [0.15, 0.2) is 0 Å². The molecule has 0 aliphatic carbocycles. The van der Waals surface area contributed by atoms with Gasteiger partial charge in [0.2, 0.25) is 0 Å². The van der Waals surface area contributed by atoms with Crippen molar-refractivity contribution in [3.63, 3.8) is 0 Å². The molecule has 6 heavy (non-hydrogen) atoms. The minimum Gasteiger partial charge on any atom is -0.274 e. The van der Waals surface area contributed by atoms with Crippen molar-refractivity contribution in [3.05, 3.63) is 0 Å². The van der Waals surface area contributed by atoms with E-state index in [0.717, 1.165) is 0 Å². The first-order valence-corrected chi connectivity index (χ1v) is 2.25.